The van der Waals surface area contributed by atoms with Crippen LogP contribution in [0.4, 0.5) is 5.69 Å². The molecular weight excluding hydrogens is 228 g/mol. The third-order valence-electron chi connectivity index (χ3n) is 3.25. The highest BCUT2D eigenvalue weighted by Gasteiger charge is 2.08. The van der Waals surface area contributed by atoms with Crippen molar-refractivity contribution in [3.8, 4) is 0 Å². The van der Waals surface area contributed by atoms with E-state index in [2.05, 4.69) is 17.0 Å². The Balaban J connectivity index is 1.60. The second-order valence-electron chi connectivity index (χ2n) is 4.70. The lowest BCUT2D eigenvalue weighted by atomic mass is 10.1. The van der Waals surface area contributed by atoms with E-state index in [-0.39, 0.29) is 0 Å². The van der Waals surface area contributed by atoms with Crippen LogP contribution in [-0.4, -0.2) is 30.3 Å². The Bertz CT molecular complexity index is 317. The molecule has 17 heavy (non-hydrogen) atoms. The summed E-state index contributed by atoms with van der Waals surface area (Å²) in [6.07, 6.45) is 4.21. The highest BCUT2D eigenvalue weighted by Crippen LogP contribution is 2.15. The number of anilines is 1. The van der Waals surface area contributed by atoms with E-state index < -0.39 is 0 Å². The summed E-state index contributed by atoms with van der Waals surface area (Å²) < 4.78 is 0. The number of thioether (sulfide) groups is 1. The summed E-state index contributed by atoms with van der Waals surface area (Å²) in [6.45, 7) is 3.87. The van der Waals surface area contributed by atoms with E-state index >= 15 is 0 Å². The van der Waals surface area contributed by atoms with Gasteiger partial charge in [-0.15, -0.1) is 0 Å². The number of benzene rings is 1. The van der Waals surface area contributed by atoms with Crippen LogP contribution in [-0.2, 0) is 5.75 Å². The molecule has 1 fully saturated rings. The average molecular weight is 250 g/mol. The maximum atomic E-state index is 5.67. The van der Waals surface area contributed by atoms with Crippen LogP contribution in [0.25, 0.3) is 0 Å². The first-order valence-electron chi connectivity index (χ1n) is 6.49. The molecule has 0 saturated carbocycles. The second kappa shape index (κ2) is 6.92. The van der Waals surface area contributed by atoms with Gasteiger partial charge in [0.25, 0.3) is 0 Å². The molecule has 1 aliphatic heterocycles. The van der Waals surface area contributed by atoms with Gasteiger partial charge in [-0.25, -0.2) is 0 Å². The van der Waals surface area contributed by atoms with Gasteiger partial charge in [0.05, 0.1) is 0 Å². The molecule has 1 heterocycles. The van der Waals surface area contributed by atoms with Gasteiger partial charge in [0.1, 0.15) is 0 Å². The zero-order valence-corrected chi connectivity index (χ0v) is 11.2. The minimum absolute atomic E-state index is 0.854. The van der Waals surface area contributed by atoms with E-state index in [4.69, 9.17) is 5.73 Å². The zero-order chi connectivity index (χ0) is 11.9. The molecule has 0 spiro atoms. The lowest BCUT2D eigenvalue weighted by molar-refractivity contribution is 0.242. The quantitative estimate of drug-likeness (QED) is 0.643. The number of nitrogen functional groups attached to an aromatic ring is 1. The van der Waals surface area contributed by atoms with Crippen LogP contribution < -0.4 is 5.73 Å². The smallest absolute Gasteiger partial charge is 0.0314 e. The highest BCUT2D eigenvalue weighted by molar-refractivity contribution is 7.98. The van der Waals surface area contributed by atoms with Crippen molar-refractivity contribution in [2.75, 3.05) is 31.1 Å². The molecule has 0 amide bonds. The monoisotopic (exact) mass is 250 g/mol. The first-order chi connectivity index (χ1) is 8.34. The molecule has 94 valence electrons. The largest absolute Gasteiger partial charge is 0.399 e. The van der Waals surface area contributed by atoms with Crippen molar-refractivity contribution in [3.05, 3.63) is 29.8 Å². The van der Waals surface area contributed by atoms with Gasteiger partial charge in [-0.05, 0) is 43.6 Å². The molecule has 0 unspecified atom stereocenters. The Morgan fingerprint density at radius 1 is 1.06 bits per heavy atom. The molecule has 2 rings (SSSR count). The molecule has 2 N–H and O–H groups in total. The molecule has 0 aromatic heterocycles. The van der Waals surface area contributed by atoms with Crippen LogP contribution in [0.15, 0.2) is 24.3 Å². The third kappa shape index (κ3) is 4.60. The molecule has 0 atom stereocenters. The minimum Gasteiger partial charge on any atom is -0.399 e. The van der Waals surface area contributed by atoms with Crippen molar-refractivity contribution < 1.29 is 0 Å². The molecule has 2 nitrogen and oxygen atoms in total. The van der Waals surface area contributed by atoms with Crippen molar-refractivity contribution >= 4 is 17.4 Å². The van der Waals surface area contributed by atoms with Crippen molar-refractivity contribution in [2.24, 2.45) is 0 Å². The standard InChI is InChI=1S/C14H22N2S/c15-14-6-4-13(5-7-14)12-17-11-10-16-8-2-1-3-9-16/h4-7H,1-3,8-12,15H2. The van der Waals surface area contributed by atoms with Gasteiger partial charge in [0.15, 0.2) is 0 Å². The van der Waals surface area contributed by atoms with Crippen molar-refractivity contribution in [2.45, 2.75) is 25.0 Å². The lowest BCUT2D eigenvalue weighted by Crippen LogP contribution is -2.31. The third-order valence-corrected chi connectivity index (χ3v) is 4.26. The second-order valence-corrected chi connectivity index (χ2v) is 5.80. The maximum absolute atomic E-state index is 5.67. The normalized spacial score (nSPS) is 17.2. The summed E-state index contributed by atoms with van der Waals surface area (Å²) in [5.41, 5.74) is 7.90. The highest BCUT2D eigenvalue weighted by atomic mass is 32.2. The predicted molar refractivity (Wildman–Crippen MR) is 77.3 cm³/mol. The Morgan fingerprint density at radius 3 is 2.47 bits per heavy atom. The van der Waals surface area contributed by atoms with E-state index in [0.29, 0.717) is 0 Å². The summed E-state index contributed by atoms with van der Waals surface area (Å²) in [5, 5.41) is 0. The van der Waals surface area contributed by atoms with E-state index in [0.717, 1.165) is 11.4 Å². The number of nitrogens with zero attached hydrogens (tertiary/aromatic N) is 1. The van der Waals surface area contributed by atoms with Crippen LogP contribution in [0.3, 0.4) is 0 Å². The van der Waals surface area contributed by atoms with Gasteiger partial charge in [-0.2, -0.15) is 11.8 Å². The van der Waals surface area contributed by atoms with E-state index in [1.165, 1.54) is 50.2 Å². The molecule has 1 aromatic rings. The van der Waals surface area contributed by atoms with Gasteiger partial charge < -0.3 is 10.6 Å². The van der Waals surface area contributed by atoms with E-state index in [1.807, 2.05) is 23.9 Å². The molecule has 1 aromatic carbocycles. The molecule has 0 aliphatic carbocycles. The van der Waals surface area contributed by atoms with Crippen molar-refractivity contribution in [1.82, 2.24) is 4.90 Å². The van der Waals surface area contributed by atoms with Gasteiger partial charge in [-0.3, -0.25) is 0 Å². The summed E-state index contributed by atoms with van der Waals surface area (Å²) >= 11 is 2.02. The fourth-order valence-corrected chi connectivity index (χ4v) is 3.14. The Morgan fingerprint density at radius 2 is 1.76 bits per heavy atom. The topological polar surface area (TPSA) is 29.3 Å². The zero-order valence-electron chi connectivity index (χ0n) is 10.4. The fourth-order valence-electron chi connectivity index (χ4n) is 2.18. The van der Waals surface area contributed by atoms with Crippen LogP contribution in [0.2, 0.25) is 0 Å². The molecule has 0 radical (unpaired) electrons. The summed E-state index contributed by atoms with van der Waals surface area (Å²) in [4.78, 5) is 2.60. The van der Waals surface area contributed by atoms with Crippen molar-refractivity contribution in [1.29, 1.82) is 0 Å². The van der Waals surface area contributed by atoms with Gasteiger partial charge >= 0.3 is 0 Å². The number of piperidine rings is 1. The van der Waals surface area contributed by atoms with Crippen LogP contribution in [0.1, 0.15) is 24.8 Å². The van der Waals surface area contributed by atoms with Crippen LogP contribution in [0.5, 0.6) is 0 Å². The van der Waals surface area contributed by atoms with Crippen molar-refractivity contribution in [3.63, 3.8) is 0 Å². The van der Waals surface area contributed by atoms with Gasteiger partial charge in [0.2, 0.25) is 0 Å². The molecule has 0 bridgehead atoms. The fraction of sp³-hybridized carbons (Fsp3) is 0.571. The molecular formula is C14H22N2S. The average Bonchev–Trinajstić information content (AvgIpc) is 2.38. The Labute approximate surface area is 109 Å². The number of hydrogen-bond donors (Lipinski definition) is 1. The lowest BCUT2D eigenvalue weighted by Gasteiger charge is -2.26. The maximum Gasteiger partial charge on any atom is 0.0314 e. The summed E-state index contributed by atoms with van der Waals surface area (Å²) in [5.74, 6) is 2.35. The van der Waals surface area contributed by atoms with Crippen LogP contribution in [0, 0.1) is 0 Å². The Kier molecular flexibility index (Phi) is 5.20. The molecule has 3 heteroatoms. The predicted octanol–water partition coefficient (Wildman–Crippen LogP) is 2.99. The summed E-state index contributed by atoms with van der Waals surface area (Å²) in [7, 11) is 0. The minimum atomic E-state index is 0.854. The SMILES string of the molecule is Nc1ccc(CSCCN2CCCCC2)cc1. The number of rotatable bonds is 5. The van der Waals surface area contributed by atoms with E-state index in [9.17, 15) is 0 Å². The first-order valence-corrected chi connectivity index (χ1v) is 7.64. The van der Waals surface area contributed by atoms with Crippen LogP contribution >= 0.6 is 11.8 Å². The number of hydrogen-bond acceptors (Lipinski definition) is 3. The molecule has 1 saturated heterocycles. The van der Waals surface area contributed by atoms with E-state index in [1.54, 1.807) is 0 Å². The number of nitrogens with two attached hydrogens (primary N) is 1. The summed E-state index contributed by atoms with van der Waals surface area (Å²) in [6, 6.07) is 8.23. The number of likely N-dealkylation sites (tertiary alicyclic amines) is 1. The van der Waals surface area contributed by atoms with Gasteiger partial charge in [0, 0.05) is 23.7 Å². The van der Waals surface area contributed by atoms with Gasteiger partial charge in [-0.1, -0.05) is 18.6 Å². The Hall–Kier alpha value is -0.670. The molecule has 1 aliphatic rings. The first kappa shape index (κ1) is 12.8.